The van der Waals surface area contributed by atoms with Crippen LogP contribution in [0.1, 0.15) is 20.7 Å². The molecule has 3 aromatic rings. The van der Waals surface area contributed by atoms with Crippen LogP contribution < -0.4 is 15.4 Å². The van der Waals surface area contributed by atoms with Crippen LogP contribution in [0.2, 0.25) is 10.0 Å². The monoisotopic (exact) mass is 482 g/mol. The van der Waals surface area contributed by atoms with Gasteiger partial charge >= 0.3 is 0 Å². The van der Waals surface area contributed by atoms with E-state index in [2.05, 4.69) is 10.6 Å². The van der Waals surface area contributed by atoms with Gasteiger partial charge in [0.15, 0.2) is 11.6 Å². The number of phenols is 2. The van der Waals surface area contributed by atoms with Gasteiger partial charge in [0.25, 0.3) is 11.8 Å². The van der Waals surface area contributed by atoms with Crippen molar-refractivity contribution in [1.29, 1.82) is 0 Å². The van der Waals surface area contributed by atoms with Gasteiger partial charge < -0.3 is 25.6 Å². The summed E-state index contributed by atoms with van der Waals surface area (Å²) < 4.78 is 33.3. The Kier molecular flexibility index (Phi) is 6.71. The molecule has 0 aliphatic heterocycles. The Labute approximate surface area is 190 Å². The average Bonchev–Trinajstić information content (AvgIpc) is 2.72. The van der Waals surface area contributed by atoms with Gasteiger partial charge in [0.1, 0.15) is 28.6 Å². The molecule has 0 bridgehead atoms. The summed E-state index contributed by atoms with van der Waals surface area (Å²) >= 11 is 11.3. The van der Waals surface area contributed by atoms with E-state index in [1.165, 1.54) is 19.2 Å². The maximum atomic E-state index is 14.1. The van der Waals surface area contributed by atoms with E-state index in [-0.39, 0.29) is 26.9 Å². The topological polar surface area (TPSA) is 108 Å². The van der Waals surface area contributed by atoms with Gasteiger partial charge in [-0.1, -0.05) is 23.2 Å². The van der Waals surface area contributed by atoms with Crippen LogP contribution in [-0.4, -0.2) is 29.1 Å². The molecule has 0 unspecified atom stereocenters. The van der Waals surface area contributed by atoms with Crippen LogP contribution in [0.25, 0.3) is 0 Å². The number of rotatable bonds is 5. The minimum atomic E-state index is -0.982. The van der Waals surface area contributed by atoms with Gasteiger partial charge in [0.05, 0.1) is 12.7 Å². The summed E-state index contributed by atoms with van der Waals surface area (Å²) in [4.78, 5) is 25.3. The van der Waals surface area contributed by atoms with Gasteiger partial charge in [-0.3, -0.25) is 9.59 Å². The number of benzene rings is 3. The van der Waals surface area contributed by atoms with Crippen molar-refractivity contribution in [2.75, 3.05) is 17.7 Å². The van der Waals surface area contributed by atoms with Crippen molar-refractivity contribution >= 4 is 46.4 Å². The molecule has 11 heteroatoms. The van der Waals surface area contributed by atoms with Gasteiger partial charge in [0, 0.05) is 27.7 Å². The standard InChI is InChI=1S/C21H14Cl2F2N2O5/c1-32-17-3-2-9(20(30)26-18-13(24)5-10(22)7-15(18)28)4-12(17)21(31)27-19-14(25)6-11(23)8-16(19)29/h2-8,28-29H,1H3,(H,26,30)(H,27,31). The Morgan fingerprint density at radius 1 is 0.844 bits per heavy atom. The summed E-state index contributed by atoms with van der Waals surface area (Å²) in [5, 5.41) is 23.9. The van der Waals surface area contributed by atoms with Crippen LogP contribution in [0.5, 0.6) is 17.2 Å². The highest BCUT2D eigenvalue weighted by atomic mass is 35.5. The van der Waals surface area contributed by atoms with Crippen molar-refractivity contribution in [2.24, 2.45) is 0 Å². The summed E-state index contributed by atoms with van der Waals surface area (Å²) in [5.74, 6) is -4.89. The number of carbonyl (C=O) groups excluding carboxylic acids is 2. The van der Waals surface area contributed by atoms with Gasteiger partial charge in [-0.2, -0.15) is 0 Å². The van der Waals surface area contributed by atoms with E-state index in [0.717, 1.165) is 30.3 Å². The van der Waals surface area contributed by atoms with Gasteiger partial charge in [-0.05, 0) is 30.3 Å². The molecule has 0 spiro atoms. The Bertz CT molecular complexity index is 1190. The molecule has 166 valence electrons. The van der Waals surface area contributed by atoms with E-state index in [1.54, 1.807) is 0 Å². The van der Waals surface area contributed by atoms with Gasteiger partial charge in [-0.15, -0.1) is 0 Å². The first kappa shape index (κ1) is 23.1. The summed E-state index contributed by atoms with van der Waals surface area (Å²) in [5.41, 5.74) is -1.32. The number of phenolic OH excluding ortho intramolecular Hbond substituents is 2. The summed E-state index contributed by atoms with van der Waals surface area (Å²) in [7, 11) is 1.27. The fourth-order valence-corrected chi connectivity index (χ4v) is 3.16. The predicted molar refractivity (Wildman–Crippen MR) is 115 cm³/mol. The summed E-state index contributed by atoms with van der Waals surface area (Å²) in [6.45, 7) is 0. The van der Waals surface area contributed by atoms with E-state index in [4.69, 9.17) is 27.9 Å². The first-order chi connectivity index (χ1) is 15.1. The molecule has 0 heterocycles. The van der Waals surface area contributed by atoms with Crippen LogP contribution in [-0.2, 0) is 0 Å². The third-order valence-corrected chi connectivity index (χ3v) is 4.69. The molecule has 32 heavy (non-hydrogen) atoms. The number of nitrogens with one attached hydrogen (secondary N) is 2. The van der Waals surface area contributed by atoms with Crippen molar-refractivity contribution in [3.8, 4) is 17.2 Å². The zero-order valence-electron chi connectivity index (χ0n) is 16.2. The van der Waals surface area contributed by atoms with E-state index < -0.39 is 46.3 Å². The maximum Gasteiger partial charge on any atom is 0.259 e. The molecule has 0 aromatic heterocycles. The molecule has 2 amide bonds. The van der Waals surface area contributed by atoms with Gasteiger partial charge in [0.2, 0.25) is 0 Å². The second-order valence-corrected chi connectivity index (χ2v) is 7.26. The highest BCUT2D eigenvalue weighted by Crippen LogP contribution is 2.33. The van der Waals surface area contributed by atoms with Gasteiger partial charge in [-0.25, -0.2) is 8.78 Å². The van der Waals surface area contributed by atoms with Crippen molar-refractivity contribution in [1.82, 2.24) is 0 Å². The first-order valence-electron chi connectivity index (χ1n) is 8.77. The van der Waals surface area contributed by atoms with Crippen molar-refractivity contribution in [3.63, 3.8) is 0 Å². The SMILES string of the molecule is COc1ccc(C(=O)Nc2c(O)cc(Cl)cc2F)cc1C(=O)Nc1c(O)cc(Cl)cc1F. The Balaban J connectivity index is 1.92. The molecule has 4 N–H and O–H groups in total. The highest BCUT2D eigenvalue weighted by Gasteiger charge is 2.21. The van der Waals surface area contributed by atoms with Crippen molar-refractivity contribution in [3.05, 3.63) is 75.3 Å². The van der Waals surface area contributed by atoms with Crippen LogP contribution in [0.15, 0.2) is 42.5 Å². The largest absolute Gasteiger partial charge is 0.506 e. The second-order valence-electron chi connectivity index (χ2n) is 6.39. The Hall–Kier alpha value is -3.56. The molecular formula is C21H14Cl2F2N2O5. The smallest absolute Gasteiger partial charge is 0.259 e. The molecule has 3 rings (SSSR count). The van der Waals surface area contributed by atoms with E-state index in [9.17, 15) is 28.6 Å². The highest BCUT2D eigenvalue weighted by molar-refractivity contribution is 6.31. The molecule has 0 saturated carbocycles. The number of carbonyl (C=O) groups is 2. The Morgan fingerprint density at radius 3 is 1.81 bits per heavy atom. The van der Waals surface area contributed by atoms with Crippen LogP contribution in [0.4, 0.5) is 20.2 Å². The van der Waals surface area contributed by atoms with E-state index >= 15 is 0 Å². The van der Waals surface area contributed by atoms with Crippen LogP contribution in [0.3, 0.4) is 0 Å². The number of methoxy groups -OCH3 is 1. The van der Waals surface area contributed by atoms with Crippen LogP contribution in [0, 0.1) is 11.6 Å². The quantitative estimate of drug-likeness (QED) is 0.374. The maximum absolute atomic E-state index is 14.1. The summed E-state index contributed by atoms with van der Waals surface area (Å²) in [6, 6.07) is 7.56. The third kappa shape index (κ3) is 4.84. The molecule has 3 aromatic carbocycles. The van der Waals surface area contributed by atoms with E-state index in [1.807, 2.05) is 0 Å². The normalized spacial score (nSPS) is 10.5. The van der Waals surface area contributed by atoms with Crippen molar-refractivity contribution < 1.29 is 33.3 Å². The van der Waals surface area contributed by atoms with E-state index in [0.29, 0.717) is 0 Å². The Morgan fingerprint density at radius 2 is 1.34 bits per heavy atom. The van der Waals surface area contributed by atoms with Crippen LogP contribution >= 0.6 is 23.2 Å². The third-order valence-electron chi connectivity index (χ3n) is 4.25. The zero-order chi connectivity index (χ0) is 23.6. The lowest BCUT2D eigenvalue weighted by molar-refractivity contribution is 0.102. The molecule has 0 aliphatic rings. The summed E-state index contributed by atoms with van der Waals surface area (Å²) in [6.07, 6.45) is 0. The minimum absolute atomic E-state index is 0.0356. The lowest BCUT2D eigenvalue weighted by Gasteiger charge is -2.13. The molecule has 0 fully saturated rings. The minimum Gasteiger partial charge on any atom is -0.506 e. The number of ether oxygens (including phenoxy) is 1. The number of amides is 2. The second kappa shape index (κ2) is 9.29. The zero-order valence-corrected chi connectivity index (χ0v) is 17.7. The lowest BCUT2D eigenvalue weighted by Crippen LogP contribution is -2.17. The van der Waals surface area contributed by atoms with Crippen molar-refractivity contribution in [2.45, 2.75) is 0 Å². The molecule has 0 atom stereocenters. The number of halogens is 4. The number of hydrogen-bond acceptors (Lipinski definition) is 5. The number of aromatic hydroxyl groups is 2. The molecular weight excluding hydrogens is 469 g/mol. The fourth-order valence-electron chi connectivity index (χ4n) is 2.76. The number of hydrogen-bond donors (Lipinski definition) is 4. The first-order valence-corrected chi connectivity index (χ1v) is 9.53. The number of anilines is 2. The molecule has 0 saturated heterocycles. The molecule has 0 radical (unpaired) electrons. The lowest BCUT2D eigenvalue weighted by atomic mass is 10.1. The molecule has 0 aliphatic carbocycles. The fraction of sp³-hybridized carbons (Fsp3) is 0.0476. The average molecular weight is 483 g/mol. The predicted octanol–water partition coefficient (Wildman–Crippen LogP) is 5.20. The molecule has 7 nitrogen and oxygen atoms in total.